The Hall–Kier alpha value is -1.84. The smallest absolute Gasteiger partial charge is 0.169 e. The van der Waals surface area contributed by atoms with Crippen LogP contribution >= 0.6 is 23.2 Å². The van der Waals surface area contributed by atoms with Crippen molar-refractivity contribution in [2.45, 2.75) is 6.42 Å². The molecular formula is C16H10Cl2FNO. The summed E-state index contributed by atoms with van der Waals surface area (Å²) in [5.41, 5.74) is 1.81. The van der Waals surface area contributed by atoms with E-state index in [4.69, 9.17) is 23.2 Å². The summed E-state index contributed by atoms with van der Waals surface area (Å²) in [4.78, 5) is 15.4. The molecule has 0 aliphatic rings. The summed E-state index contributed by atoms with van der Waals surface area (Å²) >= 11 is 12.1. The molecule has 1 N–H and O–H groups in total. The zero-order valence-corrected chi connectivity index (χ0v) is 12.3. The van der Waals surface area contributed by atoms with Gasteiger partial charge in [0.1, 0.15) is 5.82 Å². The van der Waals surface area contributed by atoms with Crippen LogP contribution in [0.3, 0.4) is 0 Å². The van der Waals surface area contributed by atoms with Crippen LogP contribution in [0.5, 0.6) is 0 Å². The maximum Gasteiger partial charge on any atom is 0.169 e. The van der Waals surface area contributed by atoms with Crippen molar-refractivity contribution in [1.82, 2.24) is 4.98 Å². The largest absolute Gasteiger partial charge is 0.360 e. The number of rotatable bonds is 3. The molecule has 0 fully saturated rings. The lowest BCUT2D eigenvalue weighted by Crippen LogP contribution is -2.03. The van der Waals surface area contributed by atoms with Gasteiger partial charge in [-0.1, -0.05) is 35.3 Å². The second-order valence-electron chi connectivity index (χ2n) is 4.74. The van der Waals surface area contributed by atoms with Gasteiger partial charge in [-0.05, 0) is 29.8 Å². The second kappa shape index (κ2) is 5.51. The Labute approximate surface area is 130 Å². The SMILES string of the molecule is O=C(Cc1cccc(F)c1)c1c[nH]c2cc(Cl)cc(Cl)c12. The molecule has 0 amide bonds. The number of hydrogen-bond donors (Lipinski definition) is 1. The Morgan fingerprint density at radius 1 is 1.19 bits per heavy atom. The zero-order chi connectivity index (χ0) is 15.0. The van der Waals surface area contributed by atoms with Crippen molar-refractivity contribution in [2.75, 3.05) is 0 Å². The second-order valence-corrected chi connectivity index (χ2v) is 5.59. The number of carbonyl (C=O) groups excluding carboxylic acids is 1. The average molecular weight is 322 g/mol. The zero-order valence-electron chi connectivity index (χ0n) is 10.8. The van der Waals surface area contributed by atoms with Gasteiger partial charge in [0.25, 0.3) is 0 Å². The van der Waals surface area contributed by atoms with E-state index in [-0.39, 0.29) is 18.0 Å². The Morgan fingerprint density at radius 3 is 2.76 bits per heavy atom. The Bertz CT molecular complexity index is 841. The van der Waals surface area contributed by atoms with Crippen LogP contribution in [-0.4, -0.2) is 10.8 Å². The Balaban J connectivity index is 1.99. The standard InChI is InChI=1S/C16H10Cl2FNO/c17-10-6-13(18)16-12(8-20-14(16)7-10)15(21)5-9-2-1-3-11(19)4-9/h1-4,6-8,20H,5H2. The number of aromatic amines is 1. The number of benzene rings is 2. The molecule has 3 aromatic rings. The summed E-state index contributed by atoms with van der Waals surface area (Å²) < 4.78 is 13.2. The molecule has 0 bridgehead atoms. The van der Waals surface area contributed by atoms with Crippen molar-refractivity contribution in [3.63, 3.8) is 0 Å². The molecule has 1 aromatic heterocycles. The van der Waals surface area contributed by atoms with Gasteiger partial charge in [-0.3, -0.25) is 4.79 Å². The predicted molar refractivity (Wildman–Crippen MR) is 82.8 cm³/mol. The van der Waals surface area contributed by atoms with Gasteiger partial charge in [0.2, 0.25) is 0 Å². The lowest BCUT2D eigenvalue weighted by atomic mass is 10.0. The molecule has 1 heterocycles. The third kappa shape index (κ3) is 2.80. The van der Waals surface area contributed by atoms with E-state index in [1.54, 1.807) is 30.5 Å². The van der Waals surface area contributed by atoms with Gasteiger partial charge in [0.15, 0.2) is 5.78 Å². The maximum atomic E-state index is 13.2. The minimum atomic E-state index is -0.357. The van der Waals surface area contributed by atoms with Crippen molar-refractivity contribution in [3.05, 3.63) is 69.6 Å². The number of ketones is 1. The summed E-state index contributed by atoms with van der Waals surface area (Å²) in [6.07, 6.45) is 1.72. The highest BCUT2D eigenvalue weighted by molar-refractivity contribution is 6.39. The first kappa shape index (κ1) is 14.1. The van der Waals surface area contributed by atoms with E-state index in [1.807, 2.05) is 0 Å². The molecule has 0 aliphatic carbocycles. The molecule has 3 rings (SSSR count). The minimum Gasteiger partial charge on any atom is -0.360 e. The van der Waals surface area contributed by atoms with Gasteiger partial charge < -0.3 is 4.98 Å². The van der Waals surface area contributed by atoms with Gasteiger partial charge in [0, 0.05) is 34.1 Å². The van der Waals surface area contributed by atoms with Crippen LogP contribution < -0.4 is 0 Å². The van der Waals surface area contributed by atoms with E-state index < -0.39 is 0 Å². The number of Topliss-reactive ketones (excluding diaryl/α,β-unsaturated/α-hetero) is 1. The first-order valence-corrected chi connectivity index (χ1v) is 7.04. The van der Waals surface area contributed by atoms with Crippen molar-refractivity contribution in [3.8, 4) is 0 Å². The van der Waals surface area contributed by atoms with Gasteiger partial charge in [-0.15, -0.1) is 0 Å². The quantitative estimate of drug-likeness (QED) is 0.673. The number of halogens is 3. The monoisotopic (exact) mass is 321 g/mol. The van der Waals surface area contributed by atoms with E-state index in [9.17, 15) is 9.18 Å². The highest BCUT2D eigenvalue weighted by Crippen LogP contribution is 2.31. The van der Waals surface area contributed by atoms with Crippen LogP contribution in [0.1, 0.15) is 15.9 Å². The number of nitrogens with one attached hydrogen (secondary N) is 1. The molecule has 2 aromatic carbocycles. The number of hydrogen-bond acceptors (Lipinski definition) is 1. The van der Waals surface area contributed by atoms with Crippen molar-refractivity contribution in [1.29, 1.82) is 0 Å². The molecule has 21 heavy (non-hydrogen) atoms. The Morgan fingerprint density at radius 2 is 2.00 bits per heavy atom. The molecule has 0 atom stereocenters. The topological polar surface area (TPSA) is 32.9 Å². The van der Waals surface area contributed by atoms with Crippen LogP contribution in [0.2, 0.25) is 10.0 Å². The summed E-state index contributed by atoms with van der Waals surface area (Å²) in [5, 5.41) is 1.56. The molecule has 0 unspecified atom stereocenters. The maximum absolute atomic E-state index is 13.2. The number of carbonyl (C=O) groups is 1. The van der Waals surface area contributed by atoms with E-state index in [0.717, 1.165) is 0 Å². The molecule has 2 nitrogen and oxygen atoms in total. The average Bonchev–Trinajstić information content (AvgIpc) is 2.82. The summed E-state index contributed by atoms with van der Waals surface area (Å²) in [5.74, 6) is -0.486. The molecule has 106 valence electrons. The molecular weight excluding hydrogens is 312 g/mol. The normalized spacial score (nSPS) is 11.0. The molecule has 0 spiro atoms. The third-order valence-corrected chi connectivity index (χ3v) is 3.77. The van der Waals surface area contributed by atoms with E-state index in [1.165, 1.54) is 12.1 Å². The van der Waals surface area contributed by atoms with Gasteiger partial charge in [0.05, 0.1) is 5.02 Å². The van der Waals surface area contributed by atoms with Crippen molar-refractivity contribution in [2.24, 2.45) is 0 Å². The molecule has 5 heteroatoms. The van der Waals surface area contributed by atoms with Crippen LogP contribution in [0.25, 0.3) is 10.9 Å². The fourth-order valence-electron chi connectivity index (χ4n) is 2.33. The molecule has 0 aliphatic heterocycles. The van der Waals surface area contributed by atoms with Crippen LogP contribution in [0.15, 0.2) is 42.6 Å². The number of aromatic nitrogens is 1. The lowest BCUT2D eigenvalue weighted by molar-refractivity contribution is 0.0994. The molecule has 0 saturated heterocycles. The van der Waals surface area contributed by atoms with Crippen LogP contribution in [0, 0.1) is 5.82 Å². The van der Waals surface area contributed by atoms with E-state index in [2.05, 4.69) is 4.98 Å². The molecule has 0 saturated carbocycles. The Kier molecular flexibility index (Phi) is 3.70. The predicted octanol–water partition coefficient (Wildman–Crippen LogP) is 5.04. The van der Waals surface area contributed by atoms with Gasteiger partial charge in [-0.25, -0.2) is 4.39 Å². The van der Waals surface area contributed by atoms with Gasteiger partial charge >= 0.3 is 0 Å². The third-order valence-electron chi connectivity index (χ3n) is 3.25. The van der Waals surface area contributed by atoms with E-state index in [0.29, 0.717) is 32.1 Å². The van der Waals surface area contributed by atoms with Crippen LogP contribution in [-0.2, 0) is 6.42 Å². The highest BCUT2D eigenvalue weighted by atomic mass is 35.5. The molecule has 0 radical (unpaired) electrons. The van der Waals surface area contributed by atoms with Gasteiger partial charge in [-0.2, -0.15) is 0 Å². The minimum absolute atomic E-state index is 0.115. The van der Waals surface area contributed by atoms with Crippen molar-refractivity contribution < 1.29 is 9.18 Å². The number of fused-ring (bicyclic) bond motifs is 1. The fourth-order valence-corrected chi connectivity index (χ4v) is 2.93. The first-order chi connectivity index (χ1) is 10.0. The van der Waals surface area contributed by atoms with Crippen LogP contribution in [0.4, 0.5) is 4.39 Å². The highest BCUT2D eigenvalue weighted by Gasteiger charge is 2.16. The summed E-state index contributed by atoms with van der Waals surface area (Å²) in [7, 11) is 0. The van der Waals surface area contributed by atoms with Crippen molar-refractivity contribution >= 4 is 39.9 Å². The lowest BCUT2D eigenvalue weighted by Gasteiger charge is -2.02. The summed E-state index contributed by atoms with van der Waals surface area (Å²) in [6.45, 7) is 0. The fraction of sp³-hybridized carbons (Fsp3) is 0.0625. The first-order valence-electron chi connectivity index (χ1n) is 6.28. The summed E-state index contributed by atoms with van der Waals surface area (Å²) in [6, 6.07) is 9.30. The number of H-pyrrole nitrogens is 1. The van der Waals surface area contributed by atoms with E-state index >= 15 is 0 Å².